The Morgan fingerprint density at radius 3 is 2.72 bits per heavy atom. The summed E-state index contributed by atoms with van der Waals surface area (Å²) in [6.45, 7) is 3.39. The molecule has 3 heterocycles. The molecule has 0 saturated carbocycles. The van der Waals surface area contributed by atoms with Crippen LogP contribution in [-0.4, -0.2) is 75.1 Å². The molecular weight excluding hydrogens is 396 g/mol. The maximum absolute atomic E-state index is 11.8. The Morgan fingerprint density at radius 1 is 1.21 bits per heavy atom. The number of rotatable bonds is 3. The SMILES string of the molecule is CN1C(N)=NS(=O)(=O)N=C1N(C)C1COc2cc(CN3CCCCC3)ccc2O1. The zero-order valence-electron chi connectivity index (χ0n) is 16.6. The maximum Gasteiger partial charge on any atom is 0.369 e. The van der Waals surface area contributed by atoms with Crippen LogP contribution in [-0.2, 0) is 16.8 Å². The van der Waals surface area contributed by atoms with E-state index in [4.69, 9.17) is 15.2 Å². The average Bonchev–Trinajstić information content (AvgIpc) is 2.70. The Labute approximate surface area is 170 Å². The topological polar surface area (TPSA) is 113 Å². The maximum atomic E-state index is 11.8. The molecule has 1 aromatic carbocycles. The first-order chi connectivity index (χ1) is 13.8. The minimum absolute atomic E-state index is 0.122. The van der Waals surface area contributed by atoms with E-state index >= 15 is 0 Å². The van der Waals surface area contributed by atoms with Crippen LogP contribution < -0.4 is 15.2 Å². The molecule has 3 aliphatic heterocycles. The lowest BCUT2D eigenvalue weighted by atomic mass is 10.1. The summed E-state index contributed by atoms with van der Waals surface area (Å²) in [7, 11) is -0.747. The normalized spacial score (nSPS) is 23.9. The van der Waals surface area contributed by atoms with Crippen LogP contribution in [0.15, 0.2) is 27.0 Å². The van der Waals surface area contributed by atoms with Gasteiger partial charge in [0.25, 0.3) is 0 Å². The summed E-state index contributed by atoms with van der Waals surface area (Å²) >= 11 is 0. The number of likely N-dealkylation sites (N-methyl/N-ethyl adjacent to an activating group) is 1. The summed E-state index contributed by atoms with van der Waals surface area (Å²) in [6, 6.07) is 5.95. The number of hydrogen-bond donors (Lipinski definition) is 1. The van der Waals surface area contributed by atoms with E-state index < -0.39 is 16.4 Å². The Morgan fingerprint density at radius 2 is 1.97 bits per heavy atom. The van der Waals surface area contributed by atoms with Gasteiger partial charge in [-0.1, -0.05) is 12.5 Å². The van der Waals surface area contributed by atoms with Crippen LogP contribution >= 0.6 is 0 Å². The van der Waals surface area contributed by atoms with E-state index in [-0.39, 0.29) is 18.5 Å². The number of likely N-dealkylation sites (tertiary alicyclic amines) is 1. The molecule has 0 spiro atoms. The highest BCUT2D eigenvalue weighted by molar-refractivity contribution is 7.89. The van der Waals surface area contributed by atoms with Crippen LogP contribution in [0.5, 0.6) is 11.5 Å². The highest BCUT2D eigenvalue weighted by atomic mass is 32.2. The first-order valence-corrected chi connectivity index (χ1v) is 11.0. The molecule has 1 unspecified atom stereocenters. The first kappa shape index (κ1) is 19.8. The van der Waals surface area contributed by atoms with Crippen LogP contribution in [0, 0.1) is 0 Å². The van der Waals surface area contributed by atoms with Crippen molar-refractivity contribution in [3.8, 4) is 11.5 Å². The standard InChI is InChI=1S/C18H26N6O4S/c1-22(18-21-29(25,26)20-17(19)23(18)2)16-12-27-15-10-13(6-7-14(15)28-16)11-24-8-4-3-5-9-24/h6-7,10,16H,3-5,8-9,11-12H2,1-2H3,(H2,19,20). The van der Waals surface area contributed by atoms with Gasteiger partial charge in [-0.15, -0.1) is 8.80 Å². The number of fused-ring (bicyclic) bond motifs is 1. The van der Waals surface area contributed by atoms with Crippen molar-refractivity contribution in [2.75, 3.05) is 33.8 Å². The van der Waals surface area contributed by atoms with Crippen molar-refractivity contribution in [2.24, 2.45) is 14.5 Å². The van der Waals surface area contributed by atoms with Gasteiger partial charge in [-0.2, -0.15) is 8.42 Å². The fourth-order valence-corrected chi connectivity index (χ4v) is 4.52. The lowest BCUT2D eigenvalue weighted by molar-refractivity contribution is 0.0152. The van der Waals surface area contributed by atoms with E-state index in [1.807, 2.05) is 18.2 Å². The zero-order valence-corrected chi connectivity index (χ0v) is 17.4. The Hall–Kier alpha value is -2.53. The molecule has 158 valence electrons. The Kier molecular flexibility index (Phi) is 5.26. The number of benzene rings is 1. The summed E-state index contributed by atoms with van der Waals surface area (Å²) in [5.41, 5.74) is 6.88. The summed E-state index contributed by atoms with van der Waals surface area (Å²) in [4.78, 5) is 5.42. The highest BCUT2D eigenvalue weighted by Gasteiger charge is 2.33. The molecule has 0 aliphatic carbocycles. The molecule has 0 bridgehead atoms. The van der Waals surface area contributed by atoms with Gasteiger partial charge < -0.3 is 20.1 Å². The van der Waals surface area contributed by atoms with Crippen LogP contribution in [0.4, 0.5) is 0 Å². The van der Waals surface area contributed by atoms with Gasteiger partial charge in [0.05, 0.1) is 0 Å². The Balaban J connectivity index is 1.46. The largest absolute Gasteiger partial charge is 0.484 e. The van der Waals surface area contributed by atoms with Gasteiger partial charge in [0, 0.05) is 20.6 Å². The number of hydrogen-bond acceptors (Lipinski definition) is 8. The van der Waals surface area contributed by atoms with Crippen LogP contribution in [0.2, 0.25) is 0 Å². The summed E-state index contributed by atoms with van der Waals surface area (Å²) in [5, 5.41) is 0. The second-order valence-electron chi connectivity index (χ2n) is 7.46. The molecule has 11 heteroatoms. The molecular formula is C18H26N6O4S. The smallest absolute Gasteiger partial charge is 0.369 e. The molecule has 2 N–H and O–H groups in total. The number of guanidine groups is 2. The summed E-state index contributed by atoms with van der Waals surface area (Å²) in [5.74, 6) is 1.27. The van der Waals surface area contributed by atoms with Crippen LogP contribution in [0.1, 0.15) is 24.8 Å². The van der Waals surface area contributed by atoms with Crippen molar-refractivity contribution in [2.45, 2.75) is 32.0 Å². The van der Waals surface area contributed by atoms with E-state index in [2.05, 4.69) is 13.7 Å². The van der Waals surface area contributed by atoms with Gasteiger partial charge >= 0.3 is 10.2 Å². The first-order valence-electron chi connectivity index (χ1n) is 9.64. The van der Waals surface area contributed by atoms with Crippen molar-refractivity contribution in [3.05, 3.63) is 23.8 Å². The molecule has 1 atom stereocenters. The molecule has 1 aromatic rings. The predicted octanol–water partition coefficient (Wildman–Crippen LogP) is 0.563. The van der Waals surface area contributed by atoms with Gasteiger partial charge in [-0.25, -0.2) is 0 Å². The minimum Gasteiger partial charge on any atom is -0.484 e. The van der Waals surface area contributed by atoms with Crippen LogP contribution in [0.25, 0.3) is 0 Å². The number of ether oxygens (including phenoxy) is 2. The van der Waals surface area contributed by atoms with Crippen molar-refractivity contribution in [1.29, 1.82) is 0 Å². The van der Waals surface area contributed by atoms with Gasteiger partial charge in [0.15, 0.2) is 11.5 Å². The van der Waals surface area contributed by atoms with Gasteiger partial charge in [-0.3, -0.25) is 9.80 Å². The van der Waals surface area contributed by atoms with Crippen molar-refractivity contribution in [3.63, 3.8) is 0 Å². The van der Waals surface area contributed by atoms with E-state index in [1.165, 1.54) is 29.7 Å². The van der Waals surface area contributed by atoms with Gasteiger partial charge in [0.2, 0.25) is 18.1 Å². The monoisotopic (exact) mass is 422 g/mol. The molecule has 0 amide bonds. The number of nitrogens with two attached hydrogens (primary N) is 1. The highest BCUT2D eigenvalue weighted by Crippen LogP contribution is 2.34. The van der Waals surface area contributed by atoms with Gasteiger partial charge in [-0.05, 0) is 43.6 Å². The molecule has 10 nitrogen and oxygen atoms in total. The predicted molar refractivity (Wildman–Crippen MR) is 109 cm³/mol. The average molecular weight is 423 g/mol. The fourth-order valence-electron chi connectivity index (χ4n) is 3.67. The molecule has 0 aromatic heterocycles. The number of nitrogens with zero attached hydrogens (tertiary/aromatic N) is 5. The third kappa shape index (κ3) is 4.25. The van der Waals surface area contributed by atoms with Crippen LogP contribution in [0.3, 0.4) is 0 Å². The van der Waals surface area contributed by atoms with E-state index in [0.29, 0.717) is 11.5 Å². The summed E-state index contributed by atoms with van der Waals surface area (Å²) in [6.07, 6.45) is 3.26. The number of piperidine rings is 1. The van der Waals surface area contributed by atoms with Gasteiger partial charge in [0.1, 0.15) is 6.61 Å². The van der Waals surface area contributed by atoms with E-state index in [9.17, 15) is 8.42 Å². The lowest BCUT2D eigenvalue weighted by Crippen LogP contribution is -2.55. The molecule has 0 radical (unpaired) electrons. The quantitative estimate of drug-likeness (QED) is 0.752. The molecule has 1 fully saturated rings. The fraction of sp³-hybridized carbons (Fsp3) is 0.556. The van der Waals surface area contributed by atoms with Crippen molar-refractivity contribution in [1.82, 2.24) is 14.7 Å². The minimum atomic E-state index is -4.01. The third-order valence-electron chi connectivity index (χ3n) is 5.30. The zero-order chi connectivity index (χ0) is 20.6. The molecule has 4 rings (SSSR count). The van der Waals surface area contributed by atoms with Crippen molar-refractivity contribution >= 4 is 22.1 Å². The second-order valence-corrected chi connectivity index (χ2v) is 8.72. The van der Waals surface area contributed by atoms with E-state index in [0.717, 1.165) is 19.6 Å². The second kappa shape index (κ2) is 7.71. The Bertz CT molecular complexity index is 942. The molecule has 29 heavy (non-hydrogen) atoms. The molecule has 1 saturated heterocycles. The summed E-state index contributed by atoms with van der Waals surface area (Å²) < 4.78 is 42.7. The third-order valence-corrected chi connectivity index (χ3v) is 6.12. The van der Waals surface area contributed by atoms with Crippen molar-refractivity contribution < 1.29 is 17.9 Å². The molecule has 3 aliphatic rings. The lowest BCUT2D eigenvalue weighted by Gasteiger charge is -2.37. The van der Waals surface area contributed by atoms with E-state index in [1.54, 1.807) is 19.0 Å².